The van der Waals surface area contributed by atoms with Crippen LogP contribution in [0.5, 0.6) is 0 Å². The highest BCUT2D eigenvalue weighted by atomic mass is 16.2. The molecule has 12 heteroatoms. The largest absolute Gasteiger partial charge is 0.383 e. The Bertz CT molecular complexity index is 1510. The first-order valence-electron chi connectivity index (χ1n) is 13.3. The summed E-state index contributed by atoms with van der Waals surface area (Å²) in [6.07, 6.45) is 13.7. The number of nitrogens with zero attached hydrogens (tertiary/aromatic N) is 8. The third-order valence-corrected chi connectivity index (χ3v) is 7.31. The van der Waals surface area contributed by atoms with Gasteiger partial charge in [0.2, 0.25) is 5.91 Å². The molecular formula is C28H34N10O2. The molecule has 0 bridgehead atoms. The van der Waals surface area contributed by atoms with Gasteiger partial charge in [0.25, 0.3) is 5.91 Å². The lowest BCUT2D eigenvalue weighted by Crippen LogP contribution is -2.40. The molecule has 0 saturated carbocycles. The minimum Gasteiger partial charge on any atom is -0.383 e. The van der Waals surface area contributed by atoms with Crippen molar-refractivity contribution in [3.05, 3.63) is 79.0 Å². The van der Waals surface area contributed by atoms with Gasteiger partial charge >= 0.3 is 0 Å². The third kappa shape index (κ3) is 5.57. The van der Waals surface area contributed by atoms with E-state index < -0.39 is 5.91 Å². The molecule has 1 atom stereocenters. The number of fused-ring (bicyclic) bond motifs is 2. The summed E-state index contributed by atoms with van der Waals surface area (Å²) in [6, 6.07) is -0.154. The van der Waals surface area contributed by atoms with Crippen LogP contribution < -0.4 is 11.1 Å². The molecule has 1 saturated heterocycles. The Hall–Kier alpha value is -4.58. The van der Waals surface area contributed by atoms with Crippen molar-refractivity contribution >= 4 is 28.7 Å². The number of anilines is 1. The van der Waals surface area contributed by atoms with Gasteiger partial charge < -0.3 is 20.5 Å². The number of aromatic nitrogens is 6. The van der Waals surface area contributed by atoms with Crippen LogP contribution in [-0.2, 0) is 17.9 Å². The van der Waals surface area contributed by atoms with Gasteiger partial charge in [-0.3, -0.25) is 14.5 Å². The average molecular weight is 543 g/mol. The number of nitrogens with two attached hydrogens (primary N) is 1. The topological polar surface area (TPSA) is 140 Å². The number of amides is 2. The van der Waals surface area contributed by atoms with Crippen LogP contribution in [0.2, 0.25) is 0 Å². The summed E-state index contributed by atoms with van der Waals surface area (Å²) < 4.78 is 3.87. The van der Waals surface area contributed by atoms with Crippen molar-refractivity contribution in [3.8, 4) is 0 Å². The van der Waals surface area contributed by atoms with Gasteiger partial charge in [-0.15, -0.1) is 0 Å². The van der Waals surface area contributed by atoms with Crippen molar-refractivity contribution < 1.29 is 9.59 Å². The number of likely N-dealkylation sites (tertiary alicyclic amines) is 1. The Labute approximate surface area is 232 Å². The Morgan fingerprint density at radius 2 is 2.00 bits per heavy atom. The lowest BCUT2D eigenvalue weighted by Gasteiger charge is -2.32. The standard InChI is InChI=1S/C28H34N10O2/c1-4-20(15-35-13-14-36-12-10-30-22(36)17-35)9-8-19(3)33-28(40)25-24-26(29)31-18-32-27(24)38(34-25)21-7-6-11-37(16-21)23(39)5-2/h4-5,8-10,12,18,21H,1-2,6-7,11,13-17H2,3H3,(H,33,40)(H2,29,31,32)/b19-8+,20-9+/t21-/m1/s1. The first-order valence-corrected chi connectivity index (χ1v) is 13.3. The fraction of sp³-hybridized carbons (Fsp3) is 0.357. The summed E-state index contributed by atoms with van der Waals surface area (Å²) in [5, 5.41) is 7.94. The average Bonchev–Trinajstić information content (AvgIpc) is 3.60. The van der Waals surface area contributed by atoms with E-state index in [4.69, 9.17) is 5.73 Å². The van der Waals surface area contributed by atoms with Crippen molar-refractivity contribution in [2.24, 2.45) is 0 Å². The van der Waals surface area contributed by atoms with Gasteiger partial charge in [-0.1, -0.05) is 25.3 Å². The zero-order valence-corrected chi connectivity index (χ0v) is 22.7. The Balaban J connectivity index is 1.32. The van der Waals surface area contributed by atoms with E-state index in [1.807, 2.05) is 37.5 Å². The second-order valence-corrected chi connectivity index (χ2v) is 10.0. The summed E-state index contributed by atoms with van der Waals surface area (Å²) >= 11 is 0. The van der Waals surface area contributed by atoms with E-state index in [0.717, 1.165) is 50.4 Å². The van der Waals surface area contributed by atoms with Gasteiger partial charge in [0, 0.05) is 50.8 Å². The van der Waals surface area contributed by atoms with E-state index in [2.05, 4.69) is 48.0 Å². The van der Waals surface area contributed by atoms with E-state index in [9.17, 15) is 9.59 Å². The number of carbonyl (C=O) groups is 2. The normalized spacial score (nSPS) is 18.4. The summed E-state index contributed by atoms with van der Waals surface area (Å²) in [5.41, 5.74) is 8.46. The number of carbonyl (C=O) groups excluding carboxylic acids is 2. The first kappa shape index (κ1) is 27.0. The molecule has 0 aliphatic carbocycles. The SMILES string of the molecule is C=CC(=O)N1CCC[C@@H](n2nc(C(=O)N/C(C)=C/C=C(\C=C)CN3CCn4ccnc4C3)c3c(N)ncnc32)C1. The maximum Gasteiger partial charge on any atom is 0.276 e. The van der Waals surface area contributed by atoms with Gasteiger partial charge in [-0.05, 0) is 37.5 Å². The molecule has 0 aromatic carbocycles. The number of nitrogen functional groups attached to an aromatic ring is 1. The predicted octanol–water partition coefficient (Wildman–Crippen LogP) is 2.22. The number of rotatable bonds is 8. The molecular weight excluding hydrogens is 508 g/mol. The highest BCUT2D eigenvalue weighted by molar-refractivity contribution is 6.08. The first-order chi connectivity index (χ1) is 19.4. The molecule has 2 aliphatic heterocycles. The van der Waals surface area contributed by atoms with Crippen LogP contribution in [0.3, 0.4) is 0 Å². The number of allylic oxidation sites excluding steroid dienone is 3. The van der Waals surface area contributed by atoms with Gasteiger partial charge in [0.05, 0.1) is 18.0 Å². The molecule has 5 rings (SSSR count). The molecule has 0 unspecified atom stereocenters. The van der Waals surface area contributed by atoms with Gasteiger partial charge in [-0.2, -0.15) is 5.10 Å². The van der Waals surface area contributed by atoms with Crippen LogP contribution in [0.25, 0.3) is 11.0 Å². The second kappa shape index (κ2) is 11.7. The molecule has 0 radical (unpaired) electrons. The van der Waals surface area contributed by atoms with Crippen molar-refractivity contribution in [1.29, 1.82) is 0 Å². The molecule has 5 heterocycles. The van der Waals surface area contributed by atoms with Gasteiger partial charge in [0.1, 0.15) is 18.0 Å². The Morgan fingerprint density at radius 3 is 2.80 bits per heavy atom. The molecule has 12 nitrogen and oxygen atoms in total. The fourth-order valence-electron chi connectivity index (χ4n) is 5.21. The van der Waals surface area contributed by atoms with Crippen molar-refractivity contribution in [2.45, 2.75) is 38.9 Å². The van der Waals surface area contributed by atoms with Crippen LogP contribution in [-0.4, -0.2) is 77.1 Å². The maximum atomic E-state index is 13.4. The zero-order valence-electron chi connectivity index (χ0n) is 22.7. The lowest BCUT2D eigenvalue weighted by molar-refractivity contribution is -0.127. The van der Waals surface area contributed by atoms with Crippen molar-refractivity contribution in [2.75, 3.05) is 31.9 Å². The molecule has 2 amide bonds. The third-order valence-electron chi connectivity index (χ3n) is 7.31. The van der Waals surface area contributed by atoms with E-state index in [-0.39, 0.29) is 23.5 Å². The summed E-state index contributed by atoms with van der Waals surface area (Å²) in [7, 11) is 0. The molecule has 2 aliphatic rings. The number of piperidine rings is 1. The highest BCUT2D eigenvalue weighted by Gasteiger charge is 2.29. The number of hydrogen-bond donors (Lipinski definition) is 2. The summed E-state index contributed by atoms with van der Waals surface area (Å²) in [4.78, 5) is 42.5. The van der Waals surface area contributed by atoms with E-state index >= 15 is 0 Å². The Kier molecular flexibility index (Phi) is 7.87. The van der Waals surface area contributed by atoms with Crippen LogP contribution >= 0.6 is 0 Å². The zero-order chi connectivity index (χ0) is 28.2. The molecule has 40 heavy (non-hydrogen) atoms. The van der Waals surface area contributed by atoms with Crippen molar-refractivity contribution in [3.63, 3.8) is 0 Å². The summed E-state index contributed by atoms with van der Waals surface area (Å²) in [5.74, 6) is 0.684. The smallest absolute Gasteiger partial charge is 0.276 e. The molecule has 3 N–H and O–H groups in total. The van der Waals surface area contributed by atoms with Crippen molar-refractivity contribution in [1.82, 2.24) is 44.4 Å². The second-order valence-electron chi connectivity index (χ2n) is 10.0. The molecule has 1 fully saturated rings. The van der Waals surface area contributed by atoms with Gasteiger partial charge in [0.15, 0.2) is 11.3 Å². The summed E-state index contributed by atoms with van der Waals surface area (Å²) in [6.45, 7) is 13.8. The fourth-order valence-corrected chi connectivity index (χ4v) is 5.21. The van der Waals surface area contributed by atoms with Crippen LogP contribution in [0, 0.1) is 0 Å². The monoisotopic (exact) mass is 542 g/mol. The predicted molar refractivity (Wildman–Crippen MR) is 152 cm³/mol. The van der Waals surface area contributed by atoms with Crippen LogP contribution in [0.1, 0.15) is 42.1 Å². The quantitative estimate of drug-likeness (QED) is 0.326. The minimum atomic E-state index is -0.412. The maximum absolute atomic E-state index is 13.4. The Morgan fingerprint density at radius 1 is 1.15 bits per heavy atom. The number of imidazole rings is 1. The molecule has 208 valence electrons. The molecule has 0 spiro atoms. The van der Waals surface area contributed by atoms with E-state index in [1.54, 1.807) is 9.58 Å². The molecule has 3 aromatic rings. The number of hydrogen-bond acceptors (Lipinski definition) is 8. The lowest BCUT2D eigenvalue weighted by atomic mass is 10.1. The number of nitrogens with one attached hydrogen (secondary N) is 1. The highest BCUT2D eigenvalue weighted by Crippen LogP contribution is 2.28. The molecule has 3 aromatic heterocycles. The van der Waals surface area contributed by atoms with Crippen LogP contribution in [0.15, 0.2) is 67.5 Å². The van der Waals surface area contributed by atoms with E-state index in [0.29, 0.717) is 29.8 Å². The van der Waals surface area contributed by atoms with E-state index in [1.165, 1.54) is 12.4 Å². The minimum absolute atomic E-state index is 0.132. The van der Waals surface area contributed by atoms with Crippen LogP contribution in [0.4, 0.5) is 5.82 Å². The van der Waals surface area contributed by atoms with Gasteiger partial charge in [-0.25, -0.2) is 19.6 Å².